The summed E-state index contributed by atoms with van der Waals surface area (Å²) in [5.41, 5.74) is 1.24. The van der Waals surface area contributed by atoms with E-state index in [1.165, 1.54) is 31.2 Å². The van der Waals surface area contributed by atoms with Crippen LogP contribution in [0, 0.1) is 5.82 Å². The van der Waals surface area contributed by atoms with E-state index >= 15 is 0 Å². The van der Waals surface area contributed by atoms with Crippen molar-refractivity contribution in [1.82, 2.24) is 10.2 Å². The second-order valence-electron chi connectivity index (χ2n) is 6.77. The van der Waals surface area contributed by atoms with Crippen LogP contribution in [-0.4, -0.2) is 35.6 Å². The predicted molar refractivity (Wildman–Crippen MR) is 84.9 cm³/mol. The number of nitrogens with zero attached hydrogens (tertiary/aromatic N) is 1. The molecule has 116 valence electrons. The number of piperidine rings is 1. The fourth-order valence-corrected chi connectivity index (χ4v) is 4.31. The largest absolute Gasteiger partial charge is 0.311 e. The fraction of sp³-hybridized carbons (Fsp3) is 0.667. The van der Waals surface area contributed by atoms with Gasteiger partial charge in [0.2, 0.25) is 0 Å². The van der Waals surface area contributed by atoms with Gasteiger partial charge in [-0.25, -0.2) is 4.39 Å². The maximum Gasteiger partial charge on any atom is 0.123 e. The predicted octanol–water partition coefficient (Wildman–Crippen LogP) is 3.36. The van der Waals surface area contributed by atoms with Crippen molar-refractivity contribution in [1.29, 1.82) is 0 Å². The standard InChI is InChI=1S/C18H27FN2/c1-3-21(18-11-16-8-9-17(12-18)20-16)13(2)10-14-4-6-15(19)7-5-14/h4-7,13,16-18,20H,3,8-12H2,1-2H3. The van der Waals surface area contributed by atoms with Gasteiger partial charge in [-0.3, -0.25) is 4.90 Å². The van der Waals surface area contributed by atoms with Crippen LogP contribution < -0.4 is 5.32 Å². The lowest BCUT2D eigenvalue weighted by atomic mass is 9.95. The summed E-state index contributed by atoms with van der Waals surface area (Å²) in [6.07, 6.45) is 6.29. The van der Waals surface area contributed by atoms with Crippen LogP contribution in [0.5, 0.6) is 0 Å². The fourth-order valence-electron chi connectivity index (χ4n) is 4.31. The number of halogens is 1. The normalized spacial score (nSPS) is 29.8. The number of rotatable bonds is 5. The first-order valence-corrected chi connectivity index (χ1v) is 8.42. The van der Waals surface area contributed by atoms with Gasteiger partial charge in [0.1, 0.15) is 5.82 Å². The third-order valence-electron chi connectivity index (χ3n) is 5.29. The number of fused-ring (bicyclic) bond motifs is 2. The molecular formula is C18H27FN2. The molecule has 2 nitrogen and oxygen atoms in total. The molecule has 3 rings (SSSR count). The highest BCUT2D eigenvalue weighted by atomic mass is 19.1. The highest BCUT2D eigenvalue weighted by Crippen LogP contribution is 2.31. The van der Waals surface area contributed by atoms with Crippen molar-refractivity contribution in [2.45, 2.75) is 70.1 Å². The zero-order valence-corrected chi connectivity index (χ0v) is 13.2. The smallest absolute Gasteiger partial charge is 0.123 e. The van der Waals surface area contributed by atoms with E-state index in [2.05, 4.69) is 24.1 Å². The van der Waals surface area contributed by atoms with Gasteiger partial charge in [0.05, 0.1) is 0 Å². The van der Waals surface area contributed by atoms with Crippen LogP contribution >= 0.6 is 0 Å². The molecule has 0 spiro atoms. The van der Waals surface area contributed by atoms with E-state index in [0.717, 1.165) is 25.0 Å². The SMILES string of the molecule is CCN(C(C)Cc1ccc(F)cc1)C1CC2CCC(C1)N2. The summed E-state index contributed by atoms with van der Waals surface area (Å²) in [6, 6.07) is 9.69. The Morgan fingerprint density at radius 3 is 2.38 bits per heavy atom. The van der Waals surface area contributed by atoms with Gasteiger partial charge in [-0.05, 0) is 63.3 Å². The van der Waals surface area contributed by atoms with Crippen molar-refractivity contribution < 1.29 is 4.39 Å². The minimum atomic E-state index is -0.145. The van der Waals surface area contributed by atoms with Crippen molar-refractivity contribution in [2.75, 3.05) is 6.54 Å². The Hall–Kier alpha value is -0.930. The van der Waals surface area contributed by atoms with Crippen molar-refractivity contribution >= 4 is 0 Å². The number of hydrogen-bond donors (Lipinski definition) is 1. The van der Waals surface area contributed by atoms with E-state index in [1.54, 1.807) is 12.1 Å². The quantitative estimate of drug-likeness (QED) is 0.894. The second kappa shape index (κ2) is 6.45. The minimum Gasteiger partial charge on any atom is -0.311 e. The molecule has 1 aromatic rings. The topological polar surface area (TPSA) is 15.3 Å². The van der Waals surface area contributed by atoms with Gasteiger partial charge in [-0.15, -0.1) is 0 Å². The van der Waals surface area contributed by atoms with Gasteiger partial charge in [-0.1, -0.05) is 19.1 Å². The van der Waals surface area contributed by atoms with Crippen molar-refractivity contribution in [2.24, 2.45) is 0 Å². The Labute approximate surface area is 127 Å². The Bertz CT molecular complexity index is 447. The summed E-state index contributed by atoms with van der Waals surface area (Å²) >= 11 is 0. The van der Waals surface area contributed by atoms with Crippen LogP contribution in [0.1, 0.15) is 45.1 Å². The third kappa shape index (κ3) is 3.46. The monoisotopic (exact) mass is 290 g/mol. The molecule has 3 heteroatoms. The molecule has 1 N–H and O–H groups in total. The van der Waals surface area contributed by atoms with Gasteiger partial charge in [0, 0.05) is 24.2 Å². The average molecular weight is 290 g/mol. The minimum absolute atomic E-state index is 0.145. The van der Waals surface area contributed by atoms with Crippen molar-refractivity contribution in [3.8, 4) is 0 Å². The molecule has 0 aromatic heterocycles. The van der Waals surface area contributed by atoms with E-state index < -0.39 is 0 Å². The molecule has 0 amide bonds. The lowest BCUT2D eigenvalue weighted by Gasteiger charge is -2.40. The van der Waals surface area contributed by atoms with E-state index in [4.69, 9.17) is 0 Å². The van der Waals surface area contributed by atoms with E-state index in [0.29, 0.717) is 12.1 Å². The molecule has 2 aliphatic rings. The molecule has 2 fully saturated rings. The summed E-state index contributed by atoms with van der Waals surface area (Å²) in [5, 5.41) is 3.73. The van der Waals surface area contributed by atoms with Crippen LogP contribution in [0.15, 0.2) is 24.3 Å². The molecule has 0 saturated carbocycles. The van der Waals surface area contributed by atoms with Gasteiger partial charge < -0.3 is 5.32 Å². The van der Waals surface area contributed by atoms with Crippen LogP contribution in [0.3, 0.4) is 0 Å². The van der Waals surface area contributed by atoms with Crippen LogP contribution in [0.4, 0.5) is 4.39 Å². The average Bonchev–Trinajstić information content (AvgIpc) is 2.81. The Kier molecular flexibility index (Phi) is 4.60. The van der Waals surface area contributed by atoms with Gasteiger partial charge >= 0.3 is 0 Å². The summed E-state index contributed by atoms with van der Waals surface area (Å²) in [5.74, 6) is -0.145. The molecule has 1 aromatic carbocycles. The summed E-state index contributed by atoms with van der Waals surface area (Å²) in [6.45, 7) is 5.69. The molecule has 0 radical (unpaired) electrons. The van der Waals surface area contributed by atoms with E-state index in [-0.39, 0.29) is 5.82 Å². The maximum atomic E-state index is 13.0. The molecule has 2 heterocycles. The van der Waals surface area contributed by atoms with E-state index in [1.807, 2.05) is 12.1 Å². The highest BCUT2D eigenvalue weighted by molar-refractivity contribution is 5.17. The molecule has 0 aliphatic carbocycles. The number of nitrogens with one attached hydrogen (secondary N) is 1. The molecule has 2 saturated heterocycles. The van der Waals surface area contributed by atoms with Gasteiger partial charge in [0.25, 0.3) is 0 Å². The highest BCUT2D eigenvalue weighted by Gasteiger charge is 2.36. The van der Waals surface area contributed by atoms with Crippen LogP contribution in [0.25, 0.3) is 0 Å². The first-order chi connectivity index (χ1) is 10.2. The Morgan fingerprint density at radius 2 is 1.81 bits per heavy atom. The Morgan fingerprint density at radius 1 is 1.19 bits per heavy atom. The van der Waals surface area contributed by atoms with Crippen LogP contribution in [0.2, 0.25) is 0 Å². The first-order valence-electron chi connectivity index (χ1n) is 8.42. The summed E-state index contributed by atoms with van der Waals surface area (Å²) < 4.78 is 13.0. The molecular weight excluding hydrogens is 263 g/mol. The van der Waals surface area contributed by atoms with E-state index in [9.17, 15) is 4.39 Å². The lowest BCUT2D eigenvalue weighted by molar-refractivity contribution is 0.107. The summed E-state index contributed by atoms with van der Waals surface area (Å²) in [4.78, 5) is 2.66. The third-order valence-corrected chi connectivity index (χ3v) is 5.29. The Balaban J connectivity index is 1.63. The molecule has 2 bridgehead atoms. The number of benzene rings is 1. The molecule has 3 atom stereocenters. The first kappa shape index (κ1) is 15.0. The van der Waals surface area contributed by atoms with Gasteiger partial charge in [0.15, 0.2) is 0 Å². The van der Waals surface area contributed by atoms with Crippen molar-refractivity contribution in [3.05, 3.63) is 35.6 Å². The molecule has 21 heavy (non-hydrogen) atoms. The summed E-state index contributed by atoms with van der Waals surface area (Å²) in [7, 11) is 0. The zero-order chi connectivity index (χ0) is 14.8. The van der Waals surface area contributed by atoms with Crippen LogP contribution in [-0.2, 0) is 6.42 Å². The maximum absolute atomic E-state index is 13.0. The second-order valence-corrected chi connectivity index (χ2v) is 6.77. The number of likely N-dealkylation sites (N-methyl/N-ethyl adjacent to an activating group) is 1. The molecule has 3 unspecified atom stereocenters. The van der Waals surface area contributed by atoms with Gasteiger partial charge in [-0.2, -0.15) is 0 Å². The zero-order valence-electron chi connectivity index (χ0n) is 13.2. The molecule has 2 aliphatic heterocycles. The number of hydrogen-bond acceptors (Lipinski definition) is 2. The van der Waals surface area contributed by atoms with Crippen molar-refractivity contribution in [3.63, 3.8) is 0 Å². The lowest BCUT2D eigenvalue weighted by Crippen LogP contribution is -2.51.